The fraction of sp³-hybridized carbons (Fsp3) is 0.900. The number of rotatable bonds is 9. The Morgan fingerprint density at radius 1 is 1.15 bits per heavy atom. The molecule has 2 saturated heterocycles. The summed E-state index contributed by atoms with van der Waals surface area (Å²) in [6.07, 6.45) is 3.84. The van der Waals surface area contributed by atoms with E-state index in [-0.39, 0.29) is 17.9 Å². The van der Waals surface area contributed by atoms with Crippen LogP contribution in [0.15, 0.2) is 0 Å². The molecule has 7 nitrogen and oxygen atoms in total. The quantitative estimate of drug-likeness (QED) is 0.574. The van der Waals surface area contributed by atoms with Gasteiger partial charge in [0.2, 0.25) is 11.8 Å². The molecule has 2 rings (SSSR count). The van der Waals surface area contributed by atoms with E-state index in [1.807, 2.05) is 11.8 Å². The first-order valence-corrected chi connectivity index (χ1v) is 10.5. The smallest absolute Gasteiger partial charge is 0.237 e. The number of piperazine rings is 1. The number of carbonyl (C=O) groups excluding carboxylic acids is 2. The molecule has 2 unspecified atom stereocenters. The lowest BCUT2D eigenvalue weighted by molar-refractivity contribution is -0.135. The van der Waals surface area contributed by atoms with Crippen LogP contribution in [0.2, 0.25) is 0 Å². The molecule has 2 N–H and O–H groups in total. The summed E-state index contributed by atoms with van der Waals surface area (Å²) in [5, 5.41) is 6.35. The van der Waals surface area contributed by atoms with E-state index in [0.717, 1.165) is 45.7 Å². The molecule has 0 bridgehead atoms. The summed E-state index contributed by atoms with van der Waals surface area (Å²) >= 11 is 0. The summed E-state index contributed by atoms with van der Waals surface area (Å²) in [4.78, 5) is 29.1. The van der Waals surface area contributed by atoms with Crippen molar-refractivity contribution in [2.75, 3.05) is 59.5 Å². The molecule has 2 amide bonds. The normalized spacial score (nSPS) is 21.7. The van der Waals surface area contributed by atoms with Crippen LogP contribution in [0.4, 0.5) is 0 Å². The van der Waals surface area contributed by atoms with E-state index in [1.54, 1.807) is 7.11 Å². The van der Waals surface area contributed by atoms with E-state index in [4.69, 9.17) is 4.74 Å². The van der Waals surface area contributed by atoms with Crippen LogP contribution in [0.5, 0.6) is 0 Å². The number of nitrogens with zero attached hydrogens (tertiary/aromatic N) is 2. The Morgan fingerprint density at radius 2 is 1.81 bits per heavy atom. The van der Waals surface area contributed by atoms with Crippen molar-refractivity contribution in [2.45, 2.75) is 45.6 Å². The Morgan fingerprint density at radius 3 is 2.44 bits per heavy atom. The van der Waals surface area contributed by atoms with Crippen molar-refractivity contribution in [3.8, 4) is 0 Å². The van der Waals surface area contributed by atoms with E-state index in [9.17, 15) is 9.59 Å². The van der Waals surface area contributed by atoms with Crippen LogP contribution in [-0.4, -0.2) is 87.2 Å². The maximum absolute atomic E-state index is 12.7. The van der Waals surface area contributed by atoms with Crippen LogP contribution in [0.25, 0.3) is 0 Å². The van der Waals surface area contributed by atoms with Crippen molar-refractivity contribution < 1.29 is 14.3 Å². The van der Waals surface area contributed by atoms with Gasteiger partial charge in [-0.1, -0.05) is 6.92 Å². The average molecular weight is 383 g/mol. The van der Waals surface area contributed by atoms with Crippen LogP contribution in [-0.2, 0) is 14.3 Å². The minimum atomic E-state index is -0.154. The molecular formula is C20H38N4O3. The maximum atomic E-state index is 12.7. The highest BCUT2D eigenvalue weighted by molar-refractivity contribution is 5.81. The highest BCUT2D eigenvalue weighted by Crippen LogP contribution is 2.25. The zero-order chi connectivity index (χ0) is 19.6. The lowest BCUT2D eigenvalue weighted by Crippen LogP contribution is -2.55. The van der Waals surface area contributed by atoms with Gasteiger partial charge in [-0.3, -0.25) is 14.5 Å². The predicted molar refractivity (Wildman–Crippen MR) is 106 cm³/mol. The van der Waals surface area contributed by atoms with Gasteiger partial charge in [-0.15, -0.1) is 0 Å². The first-order valence-electron chi connectivity index (χ1n) is 10.5. The SMILES string of the molecule is COCCCNC(=O)C(C)N1CCN(C(=O)CC(C)C2CCNCC2)CC1. The molecule has 2 atom stereocenters. The summed E-state index contributed by atoms with van der Waals surface area (Å²) in [6.45, 7) is 10.6. The standard InChI is InChI=1S/C20H38N4O3/c1-16(18-5-8-21-9-6-18)15-19(25)24-12-10-23(11-13-24)17(2)20(26)22-7-4-14-27-3/h16-18,21H,4-15H2,1-3H3,(H,22,26). The van der Waals surface area contributed by atoms with Crippen LogP contribution in [0.1, 0.15) is 39.5 Å². The molecule has 0 aliphatic carbocycles. The second-order valence-electron chi connectivity index (χ2n) is 8.00. The van der Waals surface area contributed by atoms with Gasteiger partial charge in [0.05, 0.1) is 6.04 Å². The molecule has 0 aromatic rings. The number of carbonyl (C=O) groups is 2. The minimum absolute atomic E-state index is 0.0606. The highest BCUT2D eigenvalue weighted by Gasteiger charge is 2.29. The molecular weight excluding hydrogens is 344 g/mol. The van der Waals surface area contributed by atoms with Crippen LogP contribution in [0.3, 0.4) is 0 Å². The van der Waals surface area contributed by atoms with E-state index >= 15 is 0 Å². The molecule has 0 aromatic heterocycles. The van der Waals surface area contributed by atoms with Gasteiger partial charge in [-0.2, -0.15) is 0 Å². The van der Waals surface area contributed by atoms with Gasteiger partial charge in [0.25, 0.3) is 0 Å². The molecule has 0 aromatic carbocycles. The van der Waals surface area contributed by atoms with Gasteiger partial charge >= 0.3 is 0 Å². The van der Waals surface area contributed by atoms with Gasteiger partial charge in [0.1, 0.15) is 0 Å². The van der Waals surface area contributed by atoms with Crippen molar-refractivity contribution in [3.05, 3.63) is 0 Å². The Balaban J connectivity index is 1.69. The molecule has 2 aliphatic rings. The first-order chi connectivity index (χ1) is 13.0. The van der Waals surface area contributed by atoms with Crippen LogP contribution in [0, 0.1) is 11.8 Å². The van der Waals surface area contributed by atoms with E-state index < -0.39 is 0 Å². The maximum Gasteiger partial charge on any atom is 0.237 e. The van der Waals surface area contributed by atoms with E-state index in [2.05, 4.69) is 22.5 Å². The van der Waals surface area contributed by atoms with Crippen LogP contribution < -0.4 is 10.6 Å². The average Bonchev–Trinajstić information content (AvgIpc) is 2.71. The number of hydrogen-bond acceptors (Lipinski definition) is 5. The third-order valence-corrected chi connectivity index (χ3v) is 6.10. The van der Waals surface area contributed by atoms with Crippen molar-refractivity contribution in [2.24, 2.45) is 11.8 Å². The number of nitrogens with one attached hydrogen (secondary N) is 2. The molecule has 156 valence electrons. The molecule has 7 heteroatoms. The minimum Gasteiger partial charge on any atom is -0.385 e. The third kappa shape index (κ3) is 7.05. The summed E-state index contributed by atoms with van der Waals surface area (Å²) in [6, 6.07) is -0.154. The van der Waals surface area contributed by atoms with Crippen molar-refractivity contribution >= 4 is 11.8 Å². The van der Waals surface area contributed by atoms with Gasteiger partial charge in [-0.05, 0) is 51.1 Å². The van der Waals surface area contributed by atoms with Gasteiger partial charge < -0.3 is 20.3 Å². The van der Waals surface area contributed by atoms with Crippen molar-refractivity contribution in [3.63, 3.8) is 0 Å². The fourth-order valence-electron chi connectivity index (χ4n) is 4.08. The number of methoxy groups -OCH3 is 1. The topological polar surface area (TPSA) is 73.9 Å². The third-order valence-electron chi connectivity index (χ3n) is 6.10. The molecule has 27 heavy (non-hydrogen) atoms. The Labute approximate surface area is 164 Å². The van der Waals surface area contributed by atoms with Gasteiger partial charge in [0, 0.05) is 52.9 Å². The predicted octanol–water partition coefficient (Wildman–Crippen LogP) is 0.698. The number of amides is 2. The zero-order valence-corrected chi connectivity index (χ0v) is 17.3. The first kappa shape index (κ1) is 22.1. The fourth-order valence-corrected chi connectivity index (χ4v) is 4.08. The lowest BCUT2D eigenvalue weighted by atomic mass is 9.84. The Kier molecular flexibility index (Phi) is 9.51. The number of hydrogen-bond donors (Lipinski definition) is 2. The second-order valence-corrected chi connectivity index (χ2v) is 8.00. The summed E-state index contributed by atoms with van der Waals surface area (Å²) in [5.41, 5.74) is 0. The molecule has 2 heterocycles. The van der Waals surface area contributed by atoms with Crippen molar-refractivity contribution in [1.82, 2.24) is 20.4 Å². The molecule has 2 fully saturated rings. The van der Waals surface area contributed by atoms with Gasteiger partial charge in [-0.25, -0.2) is 0 Å². The lowest BCUT2D eigenvalue weighted by Gasteiger charge is -2.38. The highest BCUT2D eigenvalue weighted by atomic mass is 16.5. The Hall–Kier alpha value is -1.18. The molecule has 0 radical (unpaired) electrons. The molecule has 0 spiro atoms. The molecule has 2 aliphatic heterocycles. The monoisotopic (exact) mass is 382 g/mol. The zero-order valence-electron chi connectivity index (χ0n) is 17.3. The largest absolute Gasteiger partial charge is 0.385 e. The number of ether oxygens (including phenoxy) is 1. The summed E-state index contributed by atoms with van der Waals surface area (Å²) in [7, 11) is 1.67. The Bertz CT molecular complexity index is 460. The van der Waals surface area contributed by atoms with E-state index in [1.165, 1.54) is 12.8 Å². The summed E-state index contributed by atoms with van der Waals surface area (Å²) < 4.78 is 5.00. The number of piperidine rings is 1. The van der Waals surface area contributed by atoms with E-state index in [0.29, 0.717) is 31.4 Å². The second kappa shape index (κ2) is 11.6. The van der Waals surface area contributed by atoms with Crippen molar-refractivity contribution in [1.29, 1.82) is 0 Å². The van der Waals surface area contributed by atoms with Crippen LogP contribution >= 0.6 is 0 Å². The van der Waals surface area contributed by atoms with Gasteiger partial charge in [0.15, 0.2) is 0 Å². The summed E-state index contributed by atoms with van der Waals surface area (Å²) in [5.74, 6) is 1.45. The molecule has 0 saturated carbocycles.